The molecule has 4 rings (SSSR count). The Balaban J connectivity index is 1.60. The molecule has 3 aromatic rings. The second-order valence-electron chi connectivity index (χ2n) is 6.73. The Labute approximate surface area is 140 Å². The van der Waals surface area contributed by atoms with Gasteiger partial charge in [0, 0.05) is 18.3 Å². The van der Waals surface area contributed by atoms with Crippen LogP contribution in [0, 0.1) is 0 Å². The Bertz CT molecular complexity index is 861. The molecule has 0 saturated heterocycles. The fraction of sp³-hybridized carbons (Fsp3) is 0.529. The molecule has 7 nitrogen and oxygen atoms in total. The van der Waals surface area contributed by atoms with Crippen LogP contribution in [0.15, 0.2) is 12.7 Å². The number of aromatic nitrogens is 6. The van der Waals surface area contributed by atoms with Gasteiger partial charge in [-0.2, -0.15) is 5.10 Å². The summed E-state index contributed by atoms with van der Waals surface area (Å²) in [5.74, 6) is 1.27. The Morgan fingerprint density at radius 3 is 3.00 bits per heavy atom. The number of aryl methyl sites for hydroxylation is 2. The smallest absolute Gasteiger partial charge is 0.165 e. The average Bonchev–Trinajstić information content (AvgIpc) is 3.18. The summed E-state index contributed by atoms with van der Waals surface area (Å²) in [5.41, 5.74) is 5.59. The molecule has 1 unspecified atom stereocenters. The predicted octanol–water partition coefficient (Wildman–Crippen LogP) is 2.66. The number of anilines is 1. The topological polar surface area (TPSA) is 84.3 Å². The van der Waals surface area contributed by atoms with Gasteiger partial charge in [-0.25, -0.2) is 15.0 Å². The summed E-state index contributed by atoms with van der Waals surface area (Å²) in [7, 11) is 0. The standard InChI is InChI=1S/C17H23N7/c1-4-24-9-20-15-16(18-8-19-17(15)24)21-11-5-6-13-12(7-11)14(10(2)3)23-22-13/h8-11H,4-7H2,1-3H3,(H,22,23)(H,18,19,21). The minimum Gasteiger partial charge on any atom is -0.365 e. The normalized spacial score (nSPS) is 17.4. The molecule has 0 spiro atoms. The molecule has 0 amide bonds. The number of fused-ring (bicyclic) bond motifs is 2. The van der Waals surface area contributed by atoms with Gasteiger partial charge in [-0.3, -0.25) is 5.10 Å². The van der Waals surface area contributed by atoms with Crippen molar-refractivity contribution in [2.75, 3.05) is 5.32 Å². The summed E-state index contributed by atoms with van der Waals surface area (Å²) >= 11 is 0. The van der Waals surface area contributed by atoms with Crippen LogP contribution in [0.1, 0.15) is 50.1 Å². The van der Waals surface area contributed by atoms with Crippen LogP contribution in [0.5, 0.6) is 0 Å². The first-order valence-electron chi connectivity index (χ1n) is 8.65. The summed E-state index contributed by atoms with van der Waals surface area (Å²) in [5, 5.41) is 11.3. The van der Waals surface area contributed by atoms with Crippen molar-refractivity contribution in [3.05, 3.63) is 29.6 Å². The number of rotatable bonds is 4. The van der Waals surface area contributed by atoms with E-state index in [9.17, 15) is 0 Å². The van der Waals surface area contributed by atoms with Crippen LogP contribution in [0.4, 0.5) is 5.82 Å². The van der Waals surface area contributed by atoms with Gasteiger partial charge in [-0.15, -0.1) is 0 Å². The molecular weight excluding hydrogens is 302 g/mol. The van der Waals surface area contributed by atoms with Crippen LogP contribution < -0.4 is 5.32 Å². The maximum Gasteiger partial charge on any atom is 0.165 e. The Morgan fingerprint density at radius 2 is 2.21 bits per heavy atom. The minimum atomic E-state index is 0.345. The monoisotopic (exact) mass is 325 g/mol. The molecule has 2 N–H and O–H groups in total. The highest BCUT2D eigenvalue weighted by Crippen LogP contribution is 2.29. The third-order valence-corrected chi connectivity index (χ3v) is 4.81. The second-order valence-corrected chi connectivity index (χ2v) is 6.73. The Morgan fingerprint density at radius 1 is 1.33 bits per heavy atom. The van der Waals surface area contributed by atoms with Gasteiger partial charge in [0.1, 0.15) is 11.8 Å². The molecule has 1 aliphatic carbocycles. The maximum absolute atomic E-state index is 4.51. The quantitative estimate of drug-likeness (QED) is 0.770. The number of nitrogens with one attached hydrogen (secondary N) is 2. The van der Waals surface area contributed by atoms with Crippen LogP contribution in [-0.4, -0.2) is 35.8 Å². The van der Waals surface area contributed by atoms with Crippen LogP contribution in [0.25, 0.3) is 11.2 Å². The zero-order valence-corrected chi connectivity index (χ0v) is 14.4. The highest BCUT2D eigenvalue weighted by molar-refractivity contribution is 5.82. The average molecular weight is 325 g/mol. The van der Waals surface area contributed by atoms with E-state index >= 15 is 0 Å². The molecule has 0 aliphatic heterocycles. The zero-order valence-electron chi connectivity index (χ0n) is 14.4. The number of H-pyrrole nitrogens is 1. The van der Waals surface area contributed by atoms with E-state index in [4.69, 9.17) is 0 Å². The maximum atomic E-state index is 4.51. The SMILES string of the molecule is CCn1cnc2c(NC3CCc4[nH]nc(C(C)C)c4C3)ncnc21. The van der Waals surface area contributed by atoms with E-state index in [2.05, 4.69) is 51.2 Å². The van der Waals surface area contributed by atoms with Crippen molar-refractivity contribution in [3.63, 3.8) is 0 Å². The summed E-state index contributed by atoms with van der Waals surface area (Å²) in [6, 6.07) is 0.345. The van der Waals surface area contributed by atoms with Crippen LogP contribution >= 0.6 is 0 Å². The first-order valence-corrected chi connectivity index (χ1v) is 8.65. The van der Waals surface area contributed by atoms with Crippen molar-refractivity contribution in [2.45, 2.75) is 58.5 Å². The summed E-state index contributed by atoms with van der Waals surface area (Å²) in [4.78, 5) is 13.3. The lowest BCUT2D eigenvalue weighted by molar-refractivity contribution is 0.598. The summed E-state index contributed by atoms with van der Waals surface area (Å²) < 4.78 is 2.04. The van der Waals surface area contributed by atoms with Crippen LogP contribution in [0.3, 0.4) is 0 Å². The van der Waals surface area contributed by atoms with E-state index in [1.165, 1.54) is 17.0 Å². The van der Waals surface area contributed by atoms with E-state index in [0.29, 0.717) is 12.0 Å². The highest BCUT2D eigenvalue weighted by Gasteiger charge is 2.25. The fourth-order valence-electron chi connectivity index (χ4n) is 3.53. The van der Waals surface area contributed by atoms with Gasteiger partial charge in [0.15, 0.2) is 11.5 Å². The molecule has 3 aromatic heterocycles. The van der Waals surface area contributed by atoms with Crippen molar-refractivity contribution in [1.29, 1.82) is 0 Å². The second kappa shape index (κ2) is 5.89. The van der Waals surface area contributed by atoms with Crippen molar-refractivity contribution in [2.24, 2.45) is 0 Å². The lowest BCUT2D eigenvalue weighted by atomic mass is 9.89. The number of nitrogens with zero attached hydrogens (tertiary/aromatic N) is 5. The molecule has 1 aliphatic rings. The van der Waals surface area contributed by atoms with Gasteiger partial charge in [0.25, 0.3) is 0 Å². The van der Waals surface area contributed by atoms with Crippen molar-refractivity contribution in [1.82, 2.24) is 29.7 Å². The Hall–Kier alpha value is -2.44. The first-order chi connectivity index (χ1) is 11.7. The number of hydrogen-bond donors (Lipinski definition) is 2. The van der Waals surface area contributed by atoms with E-state index < -0.39 is 0 Å². The van der Waals surface area contributed by atoms with Crippen molar-refractivity contribution >= 4 is 17.0 Å². The van der Waals surface area contributed by atoms with E-state index in [1.807, 2.05) is 10.9 Å². The minimum absolute atomic E-state index is 0.345. The zero-order chi connectivity index (χ0) is 16.7. The molecule has 3 heterocycles. The Kier molecular flexibility index (Phi) is 3.70. The van der Waals surface area contributed by atoms with Gasteiger partial charge >= 0.3 is 0 Å². The highest BCUT2D eigenvalue weighted by atomic mass is 15.2. The molecule has 1 atom stereocenters. The lowest BCUT2D eigenvalue weighted by Crippen LogP contribution is -2.28. The predicted molar refractivity (Wildman–Crippen MR) is 93.1 cm³/mol. The number of hydrogen-bond acceptors (Lipinski definition) is 5. The van der Waals surface area contributed by atoms with Gasteiger partial charge < -0.3 is 9.88 Å². The van der Waals surface area contributed by atoms with Gasteiger partial charge in [0.05, 0.1) is 12.0 Å². The van der Waals surface area contributed by atoms with E-state index in [-0.39, 0.29) is 0 Å². The molecular formula is C17H23N7. The van der Waals surface area contributed by atoms with E-state index in [1.54, 1.807) is 6.33 Å². The van der Waals surface area contributed by atoms with E-state index in [0.717, 1.165) is 42.8 Å². The third kappa shape index (κ3) is 2.44. The third-order valence-electron chi connectivity index (χ3n) is 4.81. The summed E-state index contributed by atoms with van der Waals surface area (Å²) in [6.07, 6.45) is 6.50. The van der Waals surface area contributed by atoms with Crippen LogP contribution in [-0.2, 0) is 19.4 Å². The molecule has 0 fully saturated rings. The van der Waals surface area contributed by atoms with Gasteiger partial charge in [-0.1, -0.05) is 13.8 Å². The van der Waals surface area contributed by atoms with Crippen molar-refractivity contribution in [3.8, 4) is 0 Å². The summed E-state index contributed by atoms with van der Waals surface area (Å²) in [6.45, 7) is 7.33. The largest absolute Gasteiger partial charge is 0.365 e. The molecule has 7 heteroatoms. The molecule has 0 saturated carbocycles. The molecule has 0 radical (unpaired) electrons. The van der Waals surface area contributed by atoms with Gasteiger partial charge in [0.2, 0.25) is 0 Å². The molecule has 126 valence electrons. The number of aromatic amines is 1. The lowest BCUT2D eigenvalue weighted by Gasteiger charge is -2.24. The fourth-order valence-corrected chi connectivity index (χ4v) is 3.53. The first kappa shape index (κ1) is 15.1. The number of imidazole rings is 1. The van der Waals surface area contributed by atoms with Crippen LogP contribution in [0.2, 0.25) is 0 Å². The molecule has 24 heavy (non-hydrogen) atoms. The van der Waals surface area contributed by atoms with Gasteiger partial charge in [-0.05, 0) is 37.7 Å². The van der Waals surface area contributed by atoms with Crippen molar-refractivity contribution < 1.29 is 0 Å². The molecule has 0 aromatic carbocycles. The molecule has 0 bridgehead atoms.